The van der Waals surface area contributed by atoms with Crippen LogP contribution < -0.4 is 5.73 Å². The minimum absolute atomic E-state index is 0.169. The van der Waals surface area contributed by atoms with Gasteiger partial charge in [0, 0.05) is 11.7 Å². The minimum atomic E-state index is -0.169. The molecule has 2 atom stereocenters. The van der Waals surface area contributed by atoms with E-state index in [9.17, 15) is 4.79 Å². The third-order valence-electron chi connectivity index (χ3n) is 2.24. The highest BCUT2D eigenvalue weighted by molar-refractivity contribution is 7.80. The van der Waals surface area contributed by atoms with Crippen molar-refractivity contribution in [1.29, 1.82) is 0 Å². The third kappa shape index (κ3) is 3.14. The number of carbonyl (C=O) groups is 1. The van der Waals surface area contributed by atoms with E-state index in [2.05, 4.69) is 12.6 Å². The molecule has 0 saturated heterocycles. The van der Waals surface area contributed by atoms with Gasteiger partial charge in [0.15, 0.2) is 0 Å². The largest absolute Gasteiger partial charge is 0.370 e. The summed E-state index contributed by atoms with van der Waals surface area (Å²) in [7, 11) is 0. The Kier molecular flexibility index (Phi) is 3.24. The molecule has 1 aliphatic carbocycles. The molecule has 0 radical (unpaired) electrons. The highest BCUT2D eigenvalue weighted by Crippen LogP contribution is 2.29. The fourth-order valence-electron chi connectivity index (χ4n) is 1.73. The van der Waals surface area contributed by atoms with E-state index in [1.165, 1.54) is 12.8 Å². The summed E-state index contributed by atoms with van der Waals surface area (Å²) < 4.78 is 0. The second-order valence-corrected chi connectivity index (χ2v) is 4.09. The summed E-state index contributed by atoms with van der Waals surface area (Å²) in [6, 6.07) is 0. The van der Waals surface area contributed by atoms with Crippen molar-refractivity contribution in [2.75, 3.05) is 0 Å². The number of rotatable bonds is 2. The molecule has 64 valence electrons. The van der Waals surface area contributed by atoms with E-state index in [-0.39, 0.29) is 5.91 Å². The summed E-state index contributed by atoms with van der Waals surface area (Å²) in [4.78, 5) is 10.6. The number of hydrogen-bond acceptors (Lipinski definition) is 2. The summed E-state index contributed by atoms with van der Waals surface area (Å²) in [5.74, 6) is 0.334. The maximum absolute atomic E-state index is 10.6. The molecule has 2 unspecified atom stereocenters. The number of amides is 1. The van der Waals surface area contributed by atoms with Crippen LogP contribution in [-0.4, -0.2) is 11.2 Å². The van der Waals surface area contributed by atoms with Gasteiger partial charge in [0.1, 0.15) is 0 Å². The van der Waals surface area contributed by atoms with Gasteiger partial charge in [-0.2, -0.15) is 12.6 Å². The maximum atomic E-state index is 10.6. The second kappa shape index (κ2) is 4.00. The molecule has 2 N–H and O–H groups in total. The first-order valence-corrected chi connectivity index (χ1v) is 4.66. The molecule has 0 heterocycles. The third-order valence-corrected chi connectivity index (χ3v) is 2.71. The van der Waals surface area contributed by atoms with Gasteiger partial charge in [0.2, 0.25) is 5.91 Å². The molecule has 3 heteroatoms. The first kappa shape index (κ1) is 8.91. The molecule has 11 heavy (non-hydrogen) atoms. The highest BCUT2D eigenvalue weighted by atomic mass is 32.1. The van der Waals surface area contributed by atoms with Gasteiger partial charge < -0.3 is 5.73 Å². The smallest absolute Gasteiger partial charge is 0.217 e. The van der Waals surface area contributed by atoms with Crippen LogP contribution in [0.5, 0.6) is 0 Å². The van der Waals surface area contributed by atoms with E-state index in [1.54, 1.807) is 0 Å². The first-order valence-electron chi connectivity index (χ1n) is 4.15. The van der Waals surface area contributed by atoms with Gasteiger partial charge in [0.05, 0.1) is 0 Å². The van der Waals surface area contributed by atoms with Crippen molar-refractivity contribution in [3.63, 3.8) is 0 Å². The number of nitrogens with two attached hydrogens (primary N) is 1. The average Bonchev–Trinajstić information content (AvgIpc) is 1.85. The fourth-order valence-corrected chi connectivity index (χ4v) is 2.21. The molecular formula is C8H15NOS. The van der Waals surface area contributed by atoms with E-state index >= 15 is 0 Å². The Morgan fingerprint density at radius 1 is 1.55 bits per heavy atom. The predicted molar refractivity (Wildman–Crippen MR) is 48.5 cm³/mol. The lowest BCUT2D eigenvalue weighted by atomic mass is 9.86. The summed E-state index contributed by atoms with van der Waals surface area (Å²) in [5.41, 5.74) is 5.10. The first-order chi connectivity index (χ1) is 5.18. The van der Waals surface area contributed by atoms with Gasteiger partial charge in [-0.25, -0.2) is 0 Å². The van der Waals surface area contributed by atoms with Crippen LogP contribution in [0.4, 0.5) is 0 Å². The van der Waals surface area contributed by atoms with E-state index in [0.29, 0.717) is 17.6 Å². The van der Waals surface area contributed by atoms with Crippen LogP contribution in [0.15, 0.2) is 0 Å². The minimum Gasteiger partial charge on any atom is -0.370 e. The highest BCUT2D eigenvalue weighted by Gasteiger charge is 2.20. The zero-order valence-corrected chi connectivity index (χ0v) is 7.52. The molecule has 0 aromatic carbocycles. The van der Waals surface area contributed by atoms with Gasteiger partial charge >= 0.3 is 0 Å². The van der Waals surface area contributed by atoms with Crippen molar-refractivity contribution >= 4 is 18.5 Å². The Balaban J connectivity index is 2.28. The Labute approximate surface area is 72.9 Å². The monoisotopic (exact) mass is 173 g/mol. The molecule has 1 fully saturated rings. The van der Waals surface area contributed by atoms with Gasteiger partial charge in [0.25, 0.3) is 0 Å². The Morgan fingerprint density at radius 3 is 2.82 bits per heavy atom. The molecule has 0 spiro atoms. The van der Waals surface area contributed by atoms with Crippen molar-refractivity contribution in [2.24, 2.45) is 11.7 Å². The number of thiol groups is 1. The van der Waals surface area contributed by atoms with Crippen molar-refractivity contribution in [1.82, 2.24) is 0 Å². The molecule has 1 rings (SSSR count). The van der Waals surface area contributed by atoms with Gasteiger partial charge in [-0.3, -0.25) is 4.79 Å². The Morgan fingerprint density at radius 2 is 2.27 bits per heavy atom. The molecule has 1 saturated carbocycles. The summed E-state index contributed by atoms with van der Waals surface area (Å²) >= 11 is 4.39. The lowest BCUT2D eigenvalue weighted by molar-refractivity contribution is -0.119. The van der Waals surface area contributed by atoms with Gasteiger partial charge in [-0.1, -0.05) is 6.42 Å². The normalized spacial score (nSPS) is 31.7. The second-order valence-electron chi connectivity index (χ2n) is 3.36. The van der Waals surface area contributed by atoms with E-state index in [4.69, 9.17) is 5.73 Å². The van der Waals surface area contributed by atoms with Crippen molar-refractivity contribution < 1.29 is 4.79 Å². The van der Waals surface area contributed by atoms with Crippen molar-refractivity contribution in [3.8, 4) is 0 Å². The van der Waals surface area contributed by atoms with Crippen LogP contribution in [0.1, 0.15) is 32.1 Å². The van der Waals surface area contributed by atoms with Crippen LogP contribution >= 0.6 is 12.6 Å². The van der Waals surface area contributed by atoms with E-state index < -0.39 is 0 Å². The Bertz CT molecular complexity index is 149. The van der Waals surface area contributed by atoms with Gasteiger partial charge in [-0.15, -0.1) is 0 Å². The van der Waals surface area contributed by atoms with Crippen LogP contribution in [0.25, 0.3) is 0 Å². The van der Waals surface area contributed by atoms with E-state index in [0.717, 1.165) is 12.8 Å². The predicted octanol–water partition coefficient (Wildman–Crippen LogP) is 1.35. The molecule has 1 amide bonds. The van der Waals surface area contributed by atoms with Crippen molar-refractivity contribution in [3.05, 3.63) is 0 Å². The van der Waals surface area contributed by atoms with Crippen LogP contribution in [0, 0.1) is 5.92 Å². The van der Waals surface area contributed by atoms with E-state index in [1.807, 2.05) is 0 Å². The Hall–Kier alpha value is -0.180. The molecule has 0 aromatic rings. The molecule has 0 bridgehead atoms. The average molecular weight is 173 g/mol. The van der Waals surface area contributed by atoms with Crippen LogP contribution in [-0.2, 0) is 4.79 Å². The van der Waals surface area contributed by atoms with Crippen LogP contribution in [0.3, 0.4) is 0 Å². The summed E-state index contributed by atoms with van der Waals surface area (Å²) in [6.45, 7) is 0. The summed E-state index contributed by atoms with van der Waals surface area (Å²) in [5, 5.41) is 0.494. The molecule has 0 aliphatic heterocycles. The fraction of sp³-hybridized carbons (Fsp3) is 0.875. The lowest BCUT2D eigenvalue weighted by Crippen LogP contribution is -2.22. The number of hydrogen-bond donors (Lipinski definition) is 2. The number of primary amides is 1. The maximum Gasteiger partial charge on any atom is 0.217 e. The molecule has 1 aliphatic rings. The van der Waals surface area contributed by atoms with Crippen LogP contribution in [0.2, 0.25) is 0 Å². The number of carbonyl (C=O) groups excluding carboxylic acids is 1. The lowest BCUT2D eigenvalue weighted by Gasteiger charge is -2.24. The van der Waals surface area contributed by atoms with Gasteiger partial charge in [-0.05, 0) is 25.2 Å². The van der Waals surface area contributed by atoms with Crippen molar-refractivity contribution in [2.45, 2.75) is 37.4 Å². The topological polar surface area (TPSA) is 43.1 Å². The SMILES string of the molecule is NC(=O)CC1CCCC(S)C1. The standard InChI is InChI=1S/C8H15NOS/c9-8(10)5-6-2-1-3-7(11)4-6/h6-7,11H,1-5H2,(H2,9,10). The molecule has 2 nitrogen and oxygen atoms in total. The zero-order valence-electron chi connectivity index (χ0n) is 6.62. The zero-order chi connectivity index (χ0) is 8.27. The summed E-state index contributed by atoms with van der Waals surface area (Å²) in [6.07, 6.45) is 5.16. The molecular weight excluding hydrogens is 158 g/mol. The quantitative estimate of drug-likeness (QED) is 0.608. The molecule has 0 aromatic heterocycles.